The molecule has 0 unspecified atom stereocenters. The lowest BCUT2D eigenvalue weighted by molar-refractivity contribution is -0.143. The van der Waals surface area contributed by atoms with E-state index < -0.39 is 12.0 Å². The number of nitrogens with zero attached hydrogens (tertiary/aromatic N) is 3. The van der Waals surface area contributed by atoms with Crippen molar-refractivity contribution in [2.75, 3.05) is 17.7 Å². The molecule has 7 nitrogen and oxygen atoms in total. The first kappa shape index (κ1) is 25.2. The number of amides is 1. The number of fused-ring (bicyclic) bond motifs is 2. The molecule has 1 atom stereocenters. The van der Waals surface area contributed by atoms with Crippen LogP contribution in [0.3, 0.4) is 0 Å². The number of carbonyl (C=O) groups is 2. The molecule has 0 saturated carbocycles. The number of para-hydroxylation sites is 1. The average Bonchev–Trinajstić information content (AvgIpc) is 3.34. The van der Waals surface area contributed by atoms with E-state index in [1.807, 2.05) is 61.7 Å². The second-order valence-corrected chi connectivity index (χ2v) is 10.9. The molecule has 0 fully saturated rings. The monoisotopic (exact) mass is 533 g/mol. The predicted molar refractivity (Wildman–Crippen MR) is 147 cm³/mol. The number of likely N-dealkylation sites (N-methyl/N-ethyl adjacent to an activating group) is 1. The van der Waals surface area contributed by atoms with Gasteiger partial charge in [-0.15, -0.1) is 11.8 Å². The number of hydrogen-bond donors (Lipinski definition) is 0. The highest BCUT2D eigenvalue weighted by molar-refractivity contribution is 7.98. The first-order valence-corrected chi connectivity index (χ1v) is 14.1. The molecule has 3 heterocycles. The number of benzene rings is 2. The summed E-state index contributed by atoms with van der Waals surface area (Å²) in [4.78, 5) is 48.7. The highest BCUT2D eigenvalue weighted by Crippen LogP contribution is 2.35. The SMILES string of the molecule is CCN1C(=O)/C(=c2\sc3n(c2=O)[C@H](c2ccc(SC)cc2)C(C(=O)OC(C)C)=C(C)N=3)c2ccccc21. The van der Waals surface area contributed by atoms with Gasteiger partial charge in [-0.1, -0.05) is 41.7 Å². The van der Waals surface area contributed by atoms with Gasteiger partial charge in [0.25, 0.3) is 11.5 Å². The van der Waals surface area contributed by atoms with Gasteiger partial charge < -0.3 is 9.64 Å². The third kappa shape index (κ3) is 4.16. The van der Waals surface area contributed by atoms with E-state index in [4.69, 9.17) is 4.74 Å². The van der Waals surface area contributed by atoms with Gasteiger partial charge in [0, 0.05) is 17.0 Å². The number of ether oxygens (including phenoxy) is 1. The fraction of sp³-hybridized carbons (Fsp3) is 0.286. The fourth-order valence-electron chi connectivity index (χ4n) is 4.83. The molecule has 0 N–H and O–H groups in total. The Labute approximate surface area is 222 Å². The zero-order valence-corrected chi connectivity index (χ0v) is 22.9. The lowest BCUT2D eigenvalue weighted by Gasteiger charge is -2.25. The predicted octanol–water partition coefficient (Wildman–Crippen LogP) is 3.65. The van der Waals surface area contributed by atoms with Crippen LogP contribution in [0.1, 0.15) is 44.9 Å². The maximum atomic E-state index is 14.1. The van der Waals surface area contributed by atoms with Crippen LogP contribution >= 0.6 is 23.1 Å². The van der Waals surface area contributed by atoms with E-state index in [1.54, 1.807) is 37.4 Å². The second-order valence-electron chi connectivity index (χ2n) is 9.07. The minimum Gasteiger partial charge on any atom is -0.459 e. The van der Waals surface area contributed by atoms with Gasteiger partial charge in [-0.25, -0.2) is 9.79 Å². The smallest absolute Gasteiger partial charge is 0.338 e. The van der Waals surface area contributed by atoms with Crippen LogP contribution in [0.5, 0.6) is 0 Å². The van der Waals surface area contributed by atoms with E-state index in [-0.39, 0.29) is 17.6 Å². The Hall–Kier alpha value is -3.43. The van der Waals surface area contributed by atoms with E-state index in [9.17, 15) is 14.4 Å². The van der Waals surface area contributed by atoms with Crippen molar-refractivity contribution in [1.29, 1.82) is 0 Å². The molecule has 37 heavy (non-hydrogen) atoms. The van der Waals surface area contributed by atoms with Gasteiger partial charge in [0.1, 0.15) is 4.53 Å². The number of hydrogen-bond acceptors (Lipinski definition) is 7. The third-order valence-corrected chi connectivity index (χ3v) is 8.25. The van der Waals surface area contributed by atoms with Crippen LogP contribution in [-0.4, -0.2) is 35.3 Å². The lowest BCUT2D eigenvalue weighted by atomic mass is 9.96. The zero-order valence-electron chi connectivity index (χ0n) is 21.3. The van der Waals surface area contributed by atoms with Crippen LogP contribution in [0, 0.1) is 0 Å². The van der Waals surface area contributed by atoms with Crippen LogP contribution in [0.4, 0.5) is 5.69 Å². The molecule has 190 valence electrons. The molecule has 3 aromatic rings. The molecule has 0 spiro atoms. The van der Waals surface area contributed by atoms with Crippen molar-refractivity contribution in [2.45, 2.75) is 44.7 Å². The van der Waals surface area contributed by atoms with E-state index in [1.165, 1.54) is 15.9 Å². The normalized spacial score (nSPS) is 18.2. The summed E-state index contributed by atoms with van der Waals surface area (Å²) in [6.07, 6.45) is 1.66. The molecule has 0 saturated heterocycles. The Bertz CT molecular complexity index is 1630. The molecule has 2 aliphatic heterocycles. The third-order valence-electron chi connectivity index (χ3n) is 6.46. The summed E-state index contributed by atoms with van der Waals surface area (Å²) < 4.78 is 7.43. The second kappa shape index (κ2) is 9.79. The number of carbonyl (C=O) groups excluding carboxylic acids is 2. The lowest BCUT2D eigenvalue weighted by Crippen LogP contribution is -2.41. The summed E-state index contributed by atoms with van der Waals surface area (Å²) in [5, 5.41) is 0. The molecule has 0 bridgehead atoms. The molecular formula is C28H27N3O4S2. The van der Waals surface area contributed by atoms with Crippen molar-refractivity contribution in [1.82, 2.24) is 4.57 Å². The maximum absolute atomic E-state index is 14.1. The summed E-state index contributed by atoms with van der Waals surface area (Å²) in [5.41, 5.74) is 3.15. The number of allylic oxidation sites excluding steroid dienone is 1. The van der Waals surface area contributed by atoms with E-state index in [2.05, 4.69) is 4.99 Å². The van der Waals surface area contributed by atoms with Crippen molar-refractivity contribution >= 4 is 46.2 Å². The quantitative estimate of drug-likeness (QED) is 0.370. The Morgan fingerprint density at radius 1 is 1.14 bits per heavy atom. The maximum Gasteiger partial charge on any atom is 0.338 e. The fourth-order valence-corrected chi connectivity index (χ4v) is 6.37. The van der Waals surface area contributed by atoms with Crippen molar-refractivity contribution in [3.05, 3.63) is 90.6 Å². The van der Waals surface area contributed by atoms with Crippen molar-refractivity contribution < 1.29 is 14.3 Å². The Morgan fingerprint density at radius 2 is 1.84 bits per heavy atom. The molecule has 1 amide bonds. The molecule has 2 aromatic carbocycles. The minimum atomic E-state index is -0.721. The van der Waals surface area contributed by atoms with Gasteiger partial charge in [-0.05, 0) is 57.7 Å². The molecule has 0 radical (unpaired) electrons. The summed E-state index contributed by atoms with van der Waals surface area (Å²) in [5.74, 6) is -0.711. The largest absolute Gasteiger partial charge is 0.459 e. The van der Waals surface area contributed by atoms with E-state index in [0.717, 1.165) is 21.7 Å². The molecular weight excluding hydrogens is 506 g/mol. The van der Waals surface area contributed by atoms with Gasteiger partial charge in [-0.3, -0.25) is 14.2 Å². The van der Waals surface area contributed by atoms with E-state index >= 15 is 0 Å². The van der Waals surface area contributed by atoms with Gasteiger partial charge in [0.05, 0.1) is 34.7 Å². The zero-order chi connectivity index (χ0) is 26.4. The van der Waals surface area contributed by atoms with E-state index in [0.29, 0.717) is 32.7 Å². The van der Waals surface area contributed by atoms with Gasteiger partial charge >= 0.3 is 5.97 Å². The van der Waals surface area contributed by atoms with Crippen LogP contribution in [-0.2, 0) is 14.3 Å². The van der Waals surface area contributed by atoms with Crippen LogP contribution in [0.2, 0.25) is 0 Å². The number of esters is 1. The van der Waals surface area contributed by atoms with Crippen molar-refractivity contribution in [2.24, 2.45) is 4.99 Å². The minimum absolute atomic E-state index is 0.204. The van der Waals surface area contributed by atoms with Crippen molar-refractivity contribution in [3.8, 4) is 0 Å². The number of aromatic nitrogens is 1. The number of thiazole rings is 1. The molecule has 9 heteroatoms. The van der Waals surface area contributed by atoms with Crippen LogP contribution in [0.15, 0.2) is 74.5 Å². The highest BCUT2D eigenvalue weighted by Gasteiger charge is 2.37. The van der Waals surface area contributed by atoms with Crippen molar-refractivity contribution in [3.63, 3.8) is 0 Å². The Morgan fingerprint density at radius 3 is 2.49 bits per heavy atom. The van der Waals surface area contributed by atoms with Gasteiger partial charge in [0.2, 0.25) is 0 Å². The summed E-state index contributed by atoms with van der Waals surface area (Å²) >= 11 is 2.80. The Balaban J connectivity index is 1.80. The molecule has 0 aliphatic carbocycles. The van der Waals surface area contributed by atoms with Crippen LogP contribution in [0.25, 0.3) is 5.57 Å². The standard InChI is InChI=1S/C28H27N3O4S2/c1-6-30-20-10-8-7-9-19(20)22(25(30)32)24-26(33)31-23(17-11-13-18(36-5)14-12-17)21(27(34)35-15(2)3)16(4)29-28(31)37-24/h7-15,23H,6H2,1-5H3/b24-22-/t23-/m1/s1. The first-order valence-electron chi connectivity index (χ1n) is 12.1. The summed E-state index contributed by atoms with van der Waals surface area (Å²) in [7, 11) is 0. The van der Waals surface area contributed by atoms with Gasteiger partial charge in [-0.2, -0.15) is 0 Å². The van der Waals surface area contributed by atoms with Crippen LogP contribution < -0.4 is 19.8 Å². The number of thioether (sulfide) groups is 1. The number of anilines is 1. The van der Waals surface area contributed by atoms with Gasteiger partial charge in [0.15, 0.2) is 4.80 Å². The molecule has 5 rings (SSSR count). The first-order chi connectivity index (χ1) is 17.8. The highest BCUT2D eigenvalue weighted by atomic mass is 32.2. The molecule has 1 aromatic heterocycles. The topological polar surface area (TPSA) is 81.0 Å². The molecule has 2 aliphatic rings. The summed E-state index contributed by atoms with van der Waals surface area (Å²) in [6, 6.07) is 14.6. The average molecular weight is 534 g/mol. The number of rotatable bonds is 5. The summed E-state index contributed by atoms with van der Waals surface area (Å²) in [6.45, 7) is 7.74. The Kier molecular flexibility index (Phi) is 6.68.